The molecule has 32 heavy (non-hydrogen) atoms. The fraction of sp³-hybridized carbons (Fsp3) is 0.560. The van der Waals surface area contributed by atoms with E-state index in [2.05, 4.69) is 62.9 Å². The van der Waals surface area contributed by atoms with E-state index in [1.165, 1.54) is 18.4 Å². The van der Waals surface area contributed by atoms with E-state index >= 15 is 0 Å². The molecule has 0 bridgehead atoms. The molecule has 7 heteroatoms. The van der Waals surface area contributed by atoms with Crippen molar-refractivity contribution in [3.8, 4) is 0 Å². The summed E-state index contributed by atoms with van der Waals surface area (Å²) in [4.78, 5) is 26.9. The predicted molar refractivity (Wildman–Crippen MR) is 125 cm³/mol. The third-order valence-corrected chi connectivity index (χ3v) is 7.25. The van der Waals surface area contributed by atoms with Crippen molar-refractivity contribution in [1.82, 2.24) is 25.7 Å². The van der Waals surface area contributed by atoms with Gasteiger partial charge in [-0.15, -0.1) is 0 Å². The standard InChI is InChI=1S/C25H34N6O/c1-18-6-8-19(9-7-18)15-23(32)31-14-4-5-20(17-31)24-21(16-27-29-24)22-10-11-26-25(28-22)30-12-2-3-13-30/h6-11,20-21,24,27,29H,2-5,12-17H2,1H3. The first-order chi connectivity index (χ1) is 15.7. The van der Waals surface area contributed by atoms with Crippen molar-refractivity contribution in [3.05, 3.63) is 53.3 Å². The number of carbonyl (C=O) groups excluding carboxylic acids is 1. The predicted octanol–water partition coefficient (Wildman–Crippen LogP) is 2.43. The van der Waals surface area contributed by atoms with Gasteiger partial charge in [-0.05, 0) is 50.2 Å². The molecule has 3 atom stereocenters. The van der Waals surface area contributed by atoms with Gasteiger partial charge < -0.3 is 9.80 Å². The lowest BCUT2D eigenvalue weighted by molar-refractivity contribution is -0.132. The molecular formula is C25H34N6O. The van der Waals surface area contributed by atoms with Crippen LogP contribution in [0.1, 0.15) is 48.4 Å². The molecule has 1 amide bonds. The Morgan fingerprint density at radius 1 is 1.09 bits per heavy atom. The van der Waals surface area contributed by atoms with E-state index in [9.17, 15) is 4.79 Å². The summed E-state index contributed by atoms with van der Waals surface area (Å²) in [5.41, 5.74) is 10.3. The number of nitrogens with one attached hydrogen (secondary N) is 2. The lowest BCUT2D eigenvalue weighted by Gasteiger charge is -2.37. The number of rotatable bonds is 5. The SMILES string of the molecule is Cc1ccc(CC(=O)N2CCCC(C3NNCC3c3ccnc(N4CCCC4)n3)C2)cc1. The van der Waals surface area contributed by atoms with Crippen molar-refractivity contribution in [2.45, 2.75) is 51.0 Å². The number of likely N-dealkylation sites (tertiary alicyclic amines) is 1. The number of aromatic nitrogens is 2. The van der Waals surface area contributed by atoms with Crippen LogP contribution >= 0.6 is 0 Å². The minimum Gasteiger partial charge on any atom is -0.342 e. The Kier molecular flexibility index (Phi) is 6.37. The molecule has 1 aromatic heterocycles. The summed E-state index contributed by atoms with van der Waals surface area (Å²) in [5.74, 6) is 1.80. The van der Waals surface area contributed by atoms with Gasteiger partial charge in [-0.1, -0.05) is 29.8 Å². The van der Waals surface area contributed by atoms with E-state index in [0.29, 0.717) is 12.3 Å². The van der Waals surface area contributed by atoms with Crippen LogP contribution in [0.2, 0.25) is 0 Å². The van der Waals surface area contributed by atoms with Crippen LogP contribution in [-0.4, -0.2) is 59.5 Å². The normalized spacial score (nSPS) is 26.0. The van der Waals surface area contributed by atoms with Crippen LogP contribution in [0.5, 0.6) is 0 Å². The number of hydrogen-bond acceptors (Lipinski definition) is 6. The third kappa shape index (κ3) is 4.64. The van der Waals surface area contributed by atoms with Crippen molar-refractivity contribution in [3.63, 3.8) is 0 Å². The van der Waals surface area contributed by atoms with Gasteiger partial charge in [0.05, 0.1) is 12.1 Å². The first-order valence-electron chi connectivity index (χ1n) is 12.1. The average molecular weight is 435 g/mol. The zero-order valence-electron chi connectivity index (χ0n) is 19.0. The number of hydrazine groups is 1. The summed E-state index contributed by atoms with van der Waals surface area (Å²) < 4.78 is 0. The van der Waals surface area contributed by atoms with Gasteiger partial charge in [-0.3, -0.25) is 15.6 Å². The van der Waals surface area contributed by atoms with E-state index in [-0.39, 0.29) is 17.9 Å². The van der Waals surface area contributed by atoms with Crippen LogP contribution in [0.4, 0.5) is 5.95 Å². The molecule has 7 nitrogen and oxygen atoms in total. The molecule has 3 saturated heterocycles. The smallest absolute Gasteiger partial charge is 0.226 e. The van der Waals surface area contributed by atoms with Crippen molar-refractivity contribution in [2.75, 3.05) is 37.6 Å². The van der Waals surface area contributed by atoms with Crippen LogP contribution in [0.3, 0.4) is 0 Å². The highest BCUT2D eigenvalue weighted by Crippen LogP contribution is 2.32. The molecule has 0 saturated carbocycles. The Bertz CT molecular complexity index is 926. The molecule has 3 aliphatic rings. The Hall–Kier alpha value is -2.51. The summed E-state index contributed by atoms with van der Waals surface area (Å²) in [5, 5.41) is 0. The fourth-order valence-corrected chi connectivity index (χ4v) is 5.41. The maximum Gasteiger partial charge on any atom is 0.226 e. The highest BCUT2D eigenvalue weighted by molar-refractivity contribution is 5.78. The van der Waals surface area contributed by atoms with Crippen LogP contribution in [0.25, 0.3) is 0 Å². The molecule has 1 aromatic carbocycles. The number of carbonyl (C=O) groups is 1. The van der Waals surface area contributed by atoms with E-state index in [1.54, 1.807) is 0 Å². The maximum absolute atomic E-state index is 13.0. The lowest BCUT2D eigenvalue weighted by atomic mass is 9.82. The first-order valence-corrected chi connectivity index (χ1v) is 12.1. The van der Waals surface area contributed by atoms with Gasteiger partial charge in [-0.2, -0.15) is 0 Å². The number of aryl methyl sites for hydroxylation is 1. The van der Waals surface area contributed by atoms with Crippen molar-refractivity contribution < 1.29 is 4.79 Å². The van der Waals surface area contributed by atoms with Crippen LogP contribution < -0.4 is 15.8 Å². The van der Waals surface area contributed by atoms with Gasteiger partial charge in [0.15, 0.2) is 0 Å². The number of amides is 1. The van der Waals surface area contributed by atoms with Gasteiger partial charge in [0.1, 0.15) is 0 Å². The summed E-state index contributed by atoms with van der Waals surface area (Å²) >= 11 is 0. The van der Waals surface area contributed by atoms with Crippen LogP contribution in [0.15, 0.2) is 36.5 Å². The summed E-state index contributed by atoms with van der Waals surface area (Å²) in [7, 11) is 0. The van der Waals surface area contributed by atoms with Crippen LogP contribution in [-0.2, 0) is 11.2 Å². The third-order valence-electron chi connectivity index (χ3n) is 7.25. The largest absolute Gasteiger partial charge is 0.342 e. The second kappa shape index (κ2) is 9.55. The quantitative estimate of drug-likeness (QED) is 0.753. The molecule has 0 radical (unpaired) electrons. The topological polar surface area (TPSA) is 73.4 Å². The van der Waals surface area contributed by atoms with Gasteiger partial charge in [-0.25, -0.2) is 9.97 Å². The Labute approximate surface area is 190 Å². The Morgan fingerprint density at radius 2 is 1.91 bits per heavy atom. The van der Waals surface area contributed by atoms with Crippen molar-refractivity contribution in [2.24, 2.45) is 5.92 Å². The highest BCUT2D eigenvalue weighted by atomic mass is 16.2. The second-order valence-electron chi connectivity index (χ2n) is 9.54. The molecule has 5 rings (SSSR count). The zero-order valence-corrected chi connectivity index (χ0v) is 19.0. The number of hydrogen-bond donors (Lipinski definition) is 2. The molecule has 0 aliphatic carbocycles. The Balaban J connectivity index is 1.26. The highest BCUT2D eigenvalue weighted by Gasteiger charge is 2.38. The second-order valence-corrected chi connectivity index (χ2v) is 9.54. The summed E-state index contributed by atoms with van der Waals surface area (Å²) in [6, 6.07) is 10.6. The van der Waals surface area contributed by atoms with Gasteiger partial charge in [0.25, 0.3) is 0 Å². The van der Waals surface area contributed by atoms with E-state index in [0.717, 1.165) is 62.8 Å². The van der Waals surface area contributed by atoms with Gasteiger partial charge in [0.2, 0.25) is 11.9 Å². The molecule has 170 valence electrons. The average Bonchev–Trinajstić information content (AvgIpc) is 3.53. The zero-order chi connectivity index (χ0) is 21.9. The van der Waals surface area contributed by atoms with Gasteiger partial charge >= 0.3 is 0 Å². The van der Waals surface area contributed by atoms with E-state index in [1.807, 2.05) is 6.20 Å². The summed E-state index contributed by atoms with van der Waals surface area (Å²) in [6.07, 6.45) is 7.02. The van der Waals surface area contributed by atoms with Crippen molar-refractivity contribution >= 4 is 11.9 Å². The minimum absolute atomic E-state index is 0.236. The first kappa shape index (κ1) is 21.3. The lowest BCUT2D eigenvalue weighted by Crippen LogP contribution is -2.48. The molecule has 0 spiro atoms. The summed E-state index contributed by atoms with van der Waals surface area (Å²) in [6.45, 7) is 6.70. The van der Waals surface area contributed by atoms with Crippen LogP contribution in [0, 0.1) is 12.8 Å². The molecule has 2 N–H and O–H groups in total. The molecule has 3 aliphatic heterocycles. The number of anilines is 1. The number of nitrogens with zero attached hydrogens (tertiary/aromatic N) is 4. The fourth-order valence-electron chi connectivity index (χ4n) is 5.41. The molecular weight excluding hydrogens is 400 g/mol. The van der Waals surface area contributed by atoms with Gasteiger partial charge in [0, 0.05) is 50.9 Å². The molecule has 3 fully saturated rings. The van der Waals surface area contributed by atoms with Crippen molar-refractivity contribution in [1.29, 1.82) is 0 Å². The minimum atomic E-state index is 0.236. The van der Waals surface area contributed by atoms with E-state index in [4.69, 9.17) is 4.98 Å². The molecule has 4 heterocycles. The van der Waals surface area contributed by atoms with E-state index < -0.39 is 0 Å². The Morgan fingerprint density at radius 3 is 2.72 bits per heavy atom. The maximum atomic E-state index is 13.0. The number of benzene rings is 1. The number of piperidine rings is 1. The molecule has 2 aromatic rings. The molecule has 3 unspecified atom stereocenters. The monoisotopic (exact) mass is 434 g/mol.